The molecule has 0 radical (unpaired) electrons. The third kappa shape index (κ3) is 4.70. The Kier molecular flexibility index (Phi) is 5.81. The number of aryl methyl sites for hydroxylation is 1. The van der Waals surface area contributed by atoms with Crippen molar-refractivity contribution in [2.45, 2.75) is 62.2 Å². The molecule has 4 N–H and O–H groups in total. The molecule has 0 atom stereocenters. The van der Waals surface area contributed by atoms with Gasteiger partial charge in [-0.15, -0.1) is 0 Å². The average Bonchev–Trinajstić information content (AvgIpc) is 3.13. The number of hydrogen-bond acceptors (Lipinski definition) is 7. The molecule has 0 amide bonds. The van der Waals surface area contributed by atoms with E-state index in [1.165, 1.54) is 13.1 Å². The number of nitrogens with two attached hydrogens (primary N) is 1. The lowest BCUT2D eigenvalue weighted by Crippen LogP contribution is -2.42. The summed E-state index contributed by atoms with van der Waals surface area (Å²) in [5.41, 5.74) is 5.27. The predicted octanol–water partition coefficient (Wildman–Crippen LogP) is 2.81. The minimum Gasteiger partial charge on any atom is -0.390 e. The number of alkyl halides is 3. The maximum atomic E-state index is 14.7. The van der Waals surface area contributed by atoms with Gasteiger partial charge in [-0.25, -0.2) is 22.5 Å². The van der Waals surface area contributed by atoms with Crippen molar-refractivity contribution in [3.63, 3.8) is 0 Å². The first-order valence-electron chi connectivity index (χ1n) is 10.3. The van der Waals surface area contributed by atoms with Gasteiger partial charge in [-0.1, -0.05) is 0 Å². The predicted molar refractivity (Wildman–Crippen MR) is 114 cm³/mol. The van der Waals surface area contributed by atoms with Crippen molar-refractivity contribution in [2.24, 2.45) is 0 Å². The Hall–Kier alpha value is -2.84. The number of sulfonamides is 1. The first-order valence-corrected chi connectivity index (χ1v) is 11.8. The van der Waals surface area contributed by atoms with Crippen LogP contribution in [0.4, 0.5) is 23.5 Å². The third-order valence-electron chi connectivity index (χ3n) is 5.84. The fourth-order valence-electron chi connectivity index (χ4n) is 3.93. The maximum absolute atomic E-state index is 14.7. The number of imidazole rings is 1. The number of nitrogens with zero attached hydrogens (tertiary/aromatic N) is 4. The highest BCUT2D eigenvalue weighted by Crippen LogP contribution is 2.32. The summed E-state index contributed by atoms with van der Waals surface area (Å²) in [6, 6.07) is 1.61. The van der Waals surface area contributed by atoms with Crippen LogP contribution >= 0.6 is 0 Å². The van der Waals surface area contributed by atoms with Gasteiger partial charge in [0, 0.05) is 17.8 Å². The molecule has 4 rings (SSSR count). The van der Waals surface area contributed by atoms with Crippen molar-refractivity contribution in [1.29, 1.82) is 0 Å². The highest BCUT2D eigenvalue weighted by molar-refractivity contribution is 7.89. The van der Waals surface area contributed by atoms with E-state index in [2.05, 4.69) is 19.7 Å². The number of anilines is 1. The minimum absolute atomic E-state index is 0.0444. The second-order valence-electron chi connectivity index (χ2n) is 8.69. The number of fused-ring (bicyclic) bond motifs is 1. The number of aliphatic hydroxyl groups is 1. The van der Waals surface area contributed by atoms with E-state index in [1.54, 1.807) is 6.92 Å². The summed E-state index contributed by atoms with van der Waals surface area (Å²) in [6.07, 6.45) is -2.03. The summed E-state index contributed by atoms with van der Waals surface area (Å²) in [4.78, 5) is 10.0. The van der Waals surface area contributed by atoms with Gasteiger partial charge in [0.1, 0.15) is 10.7 Å². The van der Waals surface area contributed by atoms with Gasteiger partial charge in [-0.05, 0) is 57.2 Å². The van der Waals surface area contributed by atoms with E-state index in [-0.39, 0.29) is 11.3 Å². The Labute approximate surface area is 192 Å². The van der Waals surface area contributed by atoms with Gasteiger partial charge in [0.25, 0.3) is 0 Å². The Balaban J connectivity index is 1.72. The Morgan fingerprint density at radius 2 is 1.85 bits per heavy atom. The van der Waals surface area contributed by atoms with Crippen LogP contribution in [0.3, 0.4) is 0 Å². The molecule has 1 aromatic carbocycles. The number of aromatic nitrogens is 4. The molecule has 9 nitrogen and oxygen atoms in total. The monoisotopic (exact) mass is 502 g/mol. The van der Waals surface area contributed by atoms with Crippen LogP contribution in [0.15, 0.2) is 23.2 Å². The Bertz CT molecular complexity index is 1360. The van der Waals surface area contributed by atoms with E-state index >= 15 is 0 Å². The van der Waals surface area contributed by atoms with Crippen LogP contribution in [0.2, 0.25) is 0 Å². The fraction of sp³-hybridized carbons (Fsp3) is 0.450. The molecule has 1 saturated carbocycles. The average molecular weight is 502 g/mol. The highest BCUT2D eigenvalue weighted by atomic mass is 32.2. The van der Waals surface area contributed by atoms with Crippen molar-refractivity contribution in [3.05, 3.63) is 35.5 Å². The molecule has 2 heterocycles. The summed E-state index contributed by atoms with van der Waals surface area (Å²) in [5.74, 6) is -3.36. The summed E-state index contributed by atoms with van der Waals surface area (Å²) in [6.45, 7) is 3.18. The lowest BCUT2D eigenvalue weighted by molar-refractivity contribution is -0.144. The fourth-order valence-corrected chi connectivity index (χ4v) is 5.32. The maximum Gasteiger partial charge on any atom is 0.451 e. The third-order valence-corrected chi connectivity index (χ3v) is 7.38. The van der Waals surface area contributed by atoms with Crippen LogP contribution in [0.25, 0.3) is 17.0 Å². The number of nitrogens with one attached hydrogen (secondary N) is 1. The Morgan fingerprint density at radius 3 is 2.47 bits per heavy atom. The second kappa shape index (κ2) is 8.13. The van der Waals surface area contributed by atoms with Crippen LogP contribution < -0.4 is 10.5 Å². The van der Waals surface area contributed by atoms with Gasteiger partial charge in [-0.2, -0.15) is 23.1 Å². The van der Waals surface area contributed by atoms with E-state index < -0.39 is 56.1 Å². The zero-order valence-corrected chi connectivity index (χ0v) is 19.0. The van der Waals surface area contributed by atoms with E-state index in [9.17, 15) is 31.1 Å². The lowest BCUT2D eigenvalue weighted by Gasteiger charge is -2.33. The Morgan fingerprint density at radius 1 is 1.21 bits per heavy atom. The van der Waals surface area contributed by atoms with E-state index in [1.807, 2.05) is 0 Å². The van der Waals surface area contributed by atoms with Crippen molar-refractivity contribution >= 4 is 21.7 Å². The number of nitrogen functional groups attached to an aromatic ring is 1. The summed E-state index contributed by atoms with van der Waals surface area (Å²) < 4.78 is 83.1. The van der Waals surface area contributed by atoms with Crippen molar-refractivity contribution in [3.8, 4) is 11.3 Å². The van der Waals surface area contributed by atoms with Crippen LogP contribution in [0.1, 0.15) is 44.0 Å². The molecule has 1 aliphatic carbocycles. The van der Waals surface area contributed by atoms with Gasteiger partial charge in [-0.3, -0.25) is 4.40 Å². The first kappa shape index (κ1) is 24.3. The van der Waals surface area contributed by atoms with E-state index in [0.717, 1.165) is 16.5 Å². The van der Waals surface area contributed by atoms with E-state index in [4.69, 9.17) is 5.73 Å². The topological polar surface area (TPSA) is 136 Å². The molecule has 0 saturated heterocycles. The molecule has 184 valence electrons. The van der Waals surface area contributed by atoms with Crippen LogP contribution in [-0.2, 0) is 16.2 Å². The smallest absolute Gasteiger partial charge is 0.390 e. The normalized spacial score (nSPS) is 21.8. The molecule has 3 aromatic rings. The van der Waals surface area contributed by atoms with Gasteiger partial charge in [0.05, 0.1) is 11.3 Å². The quantitative estimate of drug-likeness (QED) is 0.467. The summed E-state index contributed by atoms with van der Waals surface area (Å²) in [7, 11) is -4.28. The number of halogens is 4. The molecule has 1 aliphatic rings. The molecular weight excluding hydrogens is 480 g/mol. The van der Waals surface area contributed by atoms with Crippen LogP contribution in [-0.4, -0.2) is 44.5 Å². The molecule has 0 spiro atoms. The largest absolute Gasteiger partial charge is 0.451 e. The number of benzene rings is 1. The van der Waals surface area contributed by atoms with Crippen molar-refractivity contribution in [1.82, 2.24) is 24.1 Å². The van der Waals surface area contributed by atoms with Crippen LogP contribution in [0.5, 0.6) is 0 Å². The zero-order chi connectivity index (χ0) is 25.1. The van der Waals surface area contributed by atoms with Gasteiger partial charge in [0.15, 0.2) is 0 Å². The van der Waals surface area contributed by atoms with Crippen molar-refractivity contribution < 1.29 is 31.1 Å². The standard InChI is InChI=1S/C20H22F4N6O3S/c1-10-7-13(21)15(34(32,33)29-11-3-5-19(2,31)6-4-11)8-12(10)14-9-30-17(25)27-16(20(22,23)24)28-18(30)26-14/h7-9,11,29,31H,3-6H2,1-2H3,(H2,25,26,27,28)/t11-,19-. The summed E-state index contributed by atoms with van der Waals surface area (Å²) >= 11 is 0. The molecule has 14 heteroatoms. The highest BCUT2D eigenvalue weighted by Gasteiger charge is 2.36. The first-order chi connectivity index (χ1) is 15.7. The lowest BCUT2D eigenvalue weighted by atomic mass is 9.84. The number of hydrogen-bond donors (Lipinski definition) is 3. The second-order valence-corrected chi connectivity index (χ2v) is 10.4. The van der Waals surface area contributed by atoms with Gasteiger partial charge in [0.2, 0.25) is 27.6 Å². The summed E-state index contributed by atoms with van der Waals surface area (Å²) in [5, 5.41) is 10.1. The molecule has 2 aromatic heterocycles. The molecule has 0 bridgehead atoms. The van der Waals surface area contributed by atoms with Gasteiger partial charge >= 0.3 is 6.18 Å². The molecule has 1 fully saturated rings. The SMILES string of the molecule is Cc1cc(F)c(S(=O)(=O)N[C@H]2CC[C@](C)(O)CC2)cc1-c1cn2c(N)nc(C(F)(F)F)nc2n1. The number of rotatable bonds is 4. The van der Waals surface area contributed by atoms with Gasteiger partial charge < -0.3 is 10.8 Å². The van der Waals surface area contributed by atoms with Crippen LogP contribution in [0, 0.1) is 12.7 Å². The zero-order valence-electron chi connectivity index (χ0n) is 18.2. The molecule has 0 unspecified atom stereocenters. The molecular formula is C20H22F4N6O3S. The van der Waals surface area contributed by atoms with Crippen molar-refractivity contribution in [2.75, 3.05) is 5.73 Å². The molecule has 0 aliphatic heterocycles. The molecule has 34 heavy (non-hydrogen) atoms. The van der Waals surface area contributed by atoms with E-state index in [0.29, 0.717) is 31.2 Å². The minimum atomic E-state index is -4.84.